The van der Waals surface area contributed by atoms with Crippen molar-refractivity contribution in [1.82, 2.24) is 10.6 Å². The Morgan fingerprint density at radius 3 is 1.00 bits per heavy atom. The molecule has 64 valence electrons. The summed E-state index contributed by atoms with van der Waals surface area (Å²) in [5.74, 6) is 0. The number of hydrogen-bond donors (Lipinski definition) is 4. The number of nitrogens with one attached hydrogen (secondary N) is 2. The molecule has 2 atom stereocenters. The van der Waals surface area contributed by atoms with Gasteiger partial charge in [-0.15, -0.1) is 0 Å². The first-order valence-electron chi connectivity index (χ1n) is 3.25. The van der Waals surface area contributed by atoms with Gasteiger partial charge in [0.05, 0.1) is 0 Å². The minimum atomic E-state index is -0.366. The maximum absolute atomic E-state index is 8.25. The predicted octanol–water partition coefficient (Wildman–Crippen LogP) is -0.912. The standard InChI is InChI=1S/2C3H9NO/c2*1-3(5)4-2/h2*3-5H,1-2H3. The zero-order valence-electron chi connectivity index (χ0n) is 7.05. The number of rotatable bonds is 2. The lowest BCUT2D eigenvalue weighted by atomic mass is 10.7. The van der Waals surface area contributed by atoms with Crippen molar-refractivity contribution in [2.45, 2.75) is 26.3 Å². The van der Waals surface area contributed by atoms with E-state index in [1.54, 1.807) is 27.9 Å². The lowest BCUT2D eigenvalue weighted by molar-refractivity contribution is 0.166. The van der Waals surface area contributed by atoms with Crippen LogP contribution >= 0.6 is 0 Å². The van der Waals surface area contributed by atoms with Gasteiger partial charge in [0.15, 0.2) is 0 Å². The Balaban J connectivity index is 0. The summed E-state index contributed by atoms with van der Waals surface area (Å²) in [5.41, 5.74) is 0. The fourth-order valence-electron chi connectivity index (χ4n) is 0. The summed E-state index contributed by atoms with van der Waals surface area (Å²) in [7, 11) is 3.40. The second kappa shape index (κ2) is 8.84. The molecule has 0 heterocycles. The van der Waals surface area contributed by atoms with Crippen molar-refractivity contribution in [2.75, 3.05) is 14.1 Å². The normalized spacial score (nSPS) is 15.0. The zero-order valence-corrected chi connectivity index (χ0v) is 7.05. The van der Waals surface area contributed by atoms with Gasteiger partial charge in [0.2, 0.25) is 0 Å². The van der Waals surface area contributed by atoms with Gasteiger partial charge in [-0.3, -0.25) is 10.6 Å². The molecule has 0 radical (unpaired) electrons. The summed E-state index contributed by atoms with van der Waals surface area (Å²) < 4.78 is 0. The monoisotopic (exact) mass is 150 g/mol. The molecule has 0 bridgehead atoms. The molecule has 4 N–H and O–H groups in total. The molecular weight excluding hydrogens is 132 g/mol. The van der Waals surface area contributed by atoms with Crippen LogP contribution in [-0.2, 0) is 0 Å². The van der Waals surface area contributed by atoms with Crippen molar-refractivity contribution in [2.24, 2.45) is 0 Å². The van der Waals surface area contributed by atoms with Gasteiger partial charge in [0, 0.05) is 0 Å². The van der Waals surface area contributed by atoms with E-state index in [9.17, 15) is 0 Å². The minimum Gasteiger partial charge on any atom is -0.379 e. The molecule has 4 heteroatoms. The van der Waals surface area contributed by atoms with E-state index in [0.29, 0.717) is 0 Å². The van der Waals surface area contributed by atoms with Crippen LogP contribution in [0.2, 0.25) is 0 Å². The maximum atomic E-state index is 8.25. The molecular formula is C6H18N2O2. The molecule has 0 aliphatic heterocycles. The third-order valence-electron chi connectivity index (χ3n) is 0.836. The molecule has 2 unspecified atom stereocenters. The van der Waals surface area contributed by atoms with Crippen molar-refractivity contribution in [3.05, 3.63) is 0 Å². The lowest BCUT2D eigenvalue weighted by Gasteiger charge is -1.94. The van der Waals surface area contributed by atoms with Gasteiger partial charge in [-0.05, 0) is 27.9 Å². The number of hydrogen-bond acceptors (Lipinski definition) is 4. The van der Waals surface area contributed by atoms with E-state index in [-0.39, 0.29) is 12.5 Å². The molecule has 0 amide bonds. The van der Waals surface area contributed by atoms with Crippen molar-refractivity contribution in [3.63, 3.8) is 0 Å². The first kappa shape index (κ1) is 12.5. The van der Waals surface area contributed by atoms with Gasteiger partial charge < -0.3 is 10.2 Å². The Kier molecular flexibility index (Phi) is 11.1. The third-order valence-corrected chi connectivity index (χ3v) is 0.836. The van der Waals surface area contributed by atoms with Gasteiger partial charge in [0.1, 0.15) is 12.5 Å². The highest BCUT2D eigenvalue weighted by Crippen LogP contribution is 1.60. The molecule has 0 aromatic heterocycles. The Bertz CT molecular complexity index is 49.7. The average Bonchev–Trinajstić information content (AvgIpc) is 1.89. The molecule has 0 aromatic rings. The topological polar surface area (TPSA) is 64.5 Å². The first-order chi connectivity index (χ1) is 4.54. The highest BCUT2D eigenvalue weighted by Gasteiger charge is 1.78. The number of aliphatic hydroxyl groups is 2. The highest BCUT2D eigenvalue weighted by atomic mass is 16.3. The Morgan fingerprint density at radius 1 is 0.900 bits per heavy atom. The zero-order chi connectivity index (χ0) is 8.57. The SMILES string of the molecule is CNC(C)O.CNC(C)O. The summed E-state index contributed by atoms with van der Waals surface area (Å²) in [4.78, 5) is 0. The smallest absolute Gasteiger partial charge is 0.101 e. The predicted molar refractivity (Wildman–Crippen MR) is 41.5 cm³/mol. The van der Waals surface area contributed by atoms with Gasteiger partial charge in [-0.1, -0.05) is 0 Å². The number of aliphatic hydroxyl groups excluding tert-OH is 2. The molecule has 0 rings (SSSR count). The Hall–Kier alpha value is -0.160. The molecule has 10 heavy (non-hydrogen) atoms. The van der Waals surface area contributed by atoms with Crippen LogP contribution in [0.15, 0.2) is 0 Å². The van der Waals surface area contributed by atoms with Crippen molar-refractivity contribution in [1.29, 1.82) is 0 Å². The quantitative estimate of drug-likeness (QED) is 0.385. The van der Waals surface area contributed by atoms with Crippen molar-refractivity contribution < 1.29 is 10.2 Å². The molecule has 0 spiro atoms. The van der Waals surface area contributed by atoms with Gasteiger partial charge in [-0.2, -0.15) is 0 Å². The van der Waals surface area contributed by atoms with Gasteiger partial charge >= 0.3 is 0 Å². The lowest BCUT2D eigenvalue weighted by Crippen LogP contribution is -2.19. The van der Waals surface area contributed by atoms with E-state index >= 15 is 0 Å². The van der Waals surface area contributed by atoms with E-state index in [1.165, 1.54) is 0 Å². The van der Waals surface area contributed by atoms with E-state index in [2.05, 4.69) is 10.6 Å². The summed E-state index contributed by atoms with van der Waals surface area (Å²) in [6, 6.07) is 0. The van der Waals surface area contributed by atoms with Crippen LogP contribution < -0.4 is 10.6 Å². The molecule has 0 aromatic carbocycles. The van der Waals surface area contributed by atoms with Crippen molar-refractivity contribution in [3.8, 4) is 0 Å². The van der Waals surface area contributed by atoms with Crippen LogP contribution in [0.3, 0.4) is 0 Å². The van der Waals surface area contributed by atoms with E-state index < -0.39 is 0 Å². The summed E-state index contributed by atoms with van der Waals surface area (Å²) in [6.07, 6.45) is -0.731. The van der Waals surface area contributed by atoms with Crippen LogP contribution in [0.25, 0.3) is 0 Å². The second-order valence-electron chi connectivity index (χ2n) is 1.93. The maximum Gasteiger partial charge on any atom is 0.101 e. The van der Waals surface area contributed by atoms with E-state index in [1.807, 2.05) is 0 Å². The summed E-state index contributed by atoms with van der Waals surface area (Å²) >= 11 is 0. The molecule has 0 aliphatic carbocycles. The van der Waals surface area contributed by atoms with Crippen LogP contribution in [0.5, 0.6) is 0 Å². The third kappa shape index (κ3) is 24.9. The van der Waals surface area contributed by atoms with Crippen LogP contribution in [0.1, 0.15) is 13.8 Å². The summed E-state index contributed by atoms with van der Waals surface area (Å²) in [5, 5.41) is 21.7. The largest absolute Gasteiger partial charge is 0.379 e. The molecule has 0 aliphatic rings. The highest BCUT2D eigenvalue weighted by molar-refractivity contribution is 4.28. The van der Waals surface area contributed by atoms with Crippen LogP contribution in [0.4, 0.5) is 0 Å². The average molecular weight is 150 g/mol. The van der Waals surface area contributed by atoms with Gasteiger partial charge in [0.25, 0.3) is 0 Å². The Labute approximate surface area is 62.3 Å². The minimum absolute atomic E-state index is 0.366. The molecule has 0 saturated heterocycles. The van der Waals surface area contributed by atoms with Crippen molar-refractivity contribution >= 4 is 0 Å². The fraction of sp³-hybridized carbons (Fsp3) is 1.00. The van der Waals surface area contributed by atoms with Crippen LogP contribution in [0, 0.1) is 0 Å². The van der Waals surface area contributed by atoms with Crippen LogP contribution in [-0.4, -0.2) is 36.8 Å². The first-order valence-corrected chi connectivity index (χ1v) is 3.25. The van der Waals surface area contributed by atoms with E-state index in [0.717, 1.165) is 0 Å². The molecule has 0 fully saturated rings. The second-order valence-corrected chi connectivity index (χ2v) is 1.93. The van der Waals surface area contributed by atoms with Gasteiger partial charge in [-0.25, -0.2) is 0 Å². The molecule has 4 nitrogen and oxygen atoms in total. The Morgan fingerprint density at radius 2 is 1.00 bits per heavy atom. The fourth-order valence-corrected chi connectivity index (χ4v) is 0. The molecule has 0 saturated carbocycles. The summed E-state index contributed by atoms with van der Waals surface area (Å²) in [6.45, 7) is 3.33. The van der Waals surface area contributed by atoms with E-state index in [4.69, 9.17) is 10.2 Å².